The van der Waals surface area contributed by atoms with Gasteiger partial charge in [0.25, 0.3) is 0 Å². The standard InChI is InChI=1S/C42H48BrFN2O2.ClH/c1-48-39-30-37-33(29-38(39)43)23-28-46(41(37)32-11-8-12-32)27-10-25-42(34-13-4-2-5-14-34,35-15-6-3-7-16-35)24-9-26-45-40(47)22-19-31-17-20-36(44)21-18-31;/h2-7,13-18,20-21,29-30,32,41H,8-12,19,22-28H2,1H3,(H,45,47);1H. The average Bonchev–Trinajstić information content (AvgIpc) is 3.09. The second-order valence-electron chi connectivity index (χ2n) is 13.6. The van der Waals surface area contributed by atoms with Gasteiger partial charge < -0.3 is 10.1 Å². The largest absolute Gasteiger partial charge is 0.496 e. The Bertz CT molecular complexity index is 1590. The summed E-state index contributed by atoms with van der Waals surface area (Å²) >= 11 is 3.73. The van der Waals surface area contributed by atoms with Crippen molar-refractivity contribution in [3.63, 3.8) is 0 Å². The maximum atomic E-state index is 13.3. The van der Waals surface area contributed by atoms with Crippen LogP contribution in [0.25, 0.3) is 0 Å². The highest BCUT2D eigenvalue weighted by Crippen LogP contribution is 2.47. The third kappa shape index (κ3) is 8.95. The van der Waals surface area contributed by atoms with Crippen LogP contribution < -0.4 is 10.1 Å². The summed E-state index contributed by atoms with van der Waals surface area (Å²) in [6.45, 7) is 2.77. The molecule has 4 aromatic carbocycles. The lowest BCUT2D eigenvalue weighted by molar-refractivity contribution is -0.121. The number of benzene rings is 4. The molecule has 1 N–H and O–H groups in total. The summed E-state index contributed by atoms with van der Waals surface area (Å²) in [5.41, 5.74) is 6.41. The Kier molecular flexibility index (Phi) is 13.4. The van der Waals surface area contributed by atoms with Gasteiger partial charge in [-0.05, 0) is 132 Å². The second-order valence-corrected chi connectivity index (χ2v) is 14.5. The van der Waals surface area contributed by atoms with E-state index in [1.165, 1.54) is 53.6 Å². The molecule has 1 unspecified atom stereocenters. The van der Waals surface area contributed by atoms with Crippen LogP contribution in [0.5, 0.6) is 5.75 Å². The molecule has 1 saturated carbocycles. The quantitative estimate of drug-likeness (QED) is 0.123. The molecule has 1 atom stereocenters. The van der Waals surface area contributed by atoms with Crippen molar-refractivity contribution in [1.29, 1.82) is 0 Å². The summed E-state index contributed by atoms with van der Waals surface area (Å²) < 4.78 is 20.1. The van der Waals surface area contributed by atoms with Crippen LogP contribution in [0.4, 0.5) is 4.39 Å². The van der Waals surface area contributed by atoms with E-state index in [4.69, 9.17) is 4.74 Å². The molecular weight excluding hydrogens is 699 g/mol. The van der Waals surface area contributed by atoms with Gasteiger partial charge in [0.15, 0.2) is 0 Å². The number of rotatable bonds is 15. The van der Waals surface area contributed by atoms with Gasteiger partial charge in [-0.1, -0.05) is 79.2 Å². The number of methoxy groups -OCH3 is 1. The van der Waals surface area contributed by atoms with E-state index in [1.807, 2.05) is 0 Å². The Labute approximate surface area is 306 Å². The molecule has 1 fully saturated rings. The number of amides is 1. The van der Waals surface area contributed by atoms with Crippen molar-refractivity contribution in [3.05, 3.63) is 135 Å². The van der Waals surface area contributed by atoms with E-state index in [-0.39, 0.29) is 29.5 Å². The molecule has 7 heteroatoms. The molecule has 260 valence electrons. The van der Waals surface area contributed by atoms with Crippen LogP contribution in [0.15, 0.2) is 102 Å². The summed E-state index contributed by atoms with van der Waals surface area (Å²) in [7, 11) is 1.76. The van der Waals surface area contributed by atoms with E-state index in [0.717, 1.165) is 61.0 Å². The summed E-state index contributed by atoms with van der Waals surface area (Å²) in [6.07, 6.45) is 9.93. The van der Waals surface area contributed by atoms with Gasteiger partial charge in [0, 0.05) is 31.0 Å². The molecule has 1 heterocycles. The SMILES string of the molecule is COc1cc2c(cc1Br)CCN(CCCC(CCCNC(=O)CCc1ccc(F)cc1)(c1ccccc1)c1ccccc1)C2C1CCC1.Cl. The predicted octanol–water partition coefficient (Wildman–Crippen LogP) is 10.0. The Hall–Kier alpha value is -3.19. The van der Waals surface area contributed by atoms with Gasteiger partial charge in [-0.15, -0.1) is 12.4 Å². The van der Waals surface area contributed by atoms with E-state index in [1.54, 1.807) is 19.2 Å². The molecular formula is C42H49BrClFN2O2. The van der Waals surface area contributed by atoms with Gasteiger partial charge >= 0.3 is 0 Å². The number of aryl methyl sites for hydroxylation is 1. The fraction of sp³-hybridized carbons (Fsp3) is 0.405. The van der Waals surface area contributed by atoms with Gasteiger partial charge in [0.2, 0.25) is 5.91 Å². The number of nitrogens with one attached hydrogen (secondary N) is 1. The van der Waals surface area contributed by atoms with Gasteiger partial charge in [0.1, 0.15) is 11.6 Å². The highest BCUT2D eigenvalue weighted by atomic mass is 79.9. The molecule has 4 aromatic rings. The van der Waals surface area contributed by atoms with Crippen molar-refractivity contribution in [2.45, 2.75) is 75.7 Å². The van der Waals surface area contributed by atoms with E-state index in [0.29, 0.717) is 31.3 Å². The Morgan fingerprint density at radius 2 is 1.59 bits per heavy atom. The number of carbonyl (C=O) groups excluding carboxylic acids is 1. The van der Waals surface area contributed by atoms with Crippen molar-refractivity contribution in [1.82, 2.24) is 10.2 Å². The summed E-state index contributed by atoms with van der Waals surface area (Å²) in [5.74, 6) is 1.42. The molecule has 2 aliphatic rings. The number of ether oxygens (including phenoxy) is 1. The van der Waals surface area contributed by atoms with Crippen LogP contribution in [0, 0.1) is 11.7 Å². The smallest absolute Gasteiger partial charge is 0.220 e. The normalized spacial score (nSPS) is 16.3. The van der Waals surface area contributed by atoms with Crippen LogP contribution in [0.2, 0.25) is 0 Å². The first-order valence-corrected chi connectivity index (χ1v) is 18.5. The number of fused-ring (bicyclic) bond motifs is 1. The summed E-state index contributed by atoms with van der Waals surface area (Å²) in [5, 5.41) is 3.17. The van der Waals surface area contributed by atoms with E-state index in [9.17, 15) is 9.18 Å². The topological polar surface area (TPSA) is 41.6 Å². The van der Waals surface area contributed by atoms with Gasteiger partial charge in [-0.3, -0.25) is 9.69 Å². The Morgan fingerprint density at radius 1 is 0.939 bits per heavy atom. The number of hydrogen-bond donors (Lipinski definition) is 1. The molecule has 0 spiro atoms. The third-order valence-corrected chi connectivity index (χ3v) is 11.4. The van der Waals surface area contributed by atoms with Gasteiger partial charge in [-0.2, -0.15) is 0 Å². The first-order chi connectivity index (χ1) is 23.5. The minimum absolute atomic E-state index is 0. The summed E-state index contributed by atoms with van der Waals surface area (Å²) in [4.78, 5) is 15.5. The Morgan fingerprint density at radius 3 is 2.20 bits per heavy atom. The lowest BCUT2D eigenvalue weighted by Gasteiger charge is -2.46. The molecule has 1 aliphatic carbocycles. The Balaban J connectivity index is 0.00000468. The first-order valence-electron chi connectivity index (χ1n) is 17.7. The number of hydrogen-bond acceptors (Lipinski definition) is 3. The maximum absolute atomic E-state index is 13.3. The van der Waals surface area contributed by atoms with Crippen molar-refractivity contribution < 1.29 is 13.9 Å². The highest BCUT2D eigenvalue weighted by molar-refractivity contribution is 9.10. The molecule has 0 aromatic heterocycles. The van der Waals surface area contributed by atoms with Crippen molar-refractivity contribution in [2.24, 2.45) is 5.92 Å². The van der Waals surface area contributed by atoms with Crippen LogP contribution >= 0.6 is 28.3 Å². The third-order valence-electron chi connectivity index (χ3n) is 10.7. The van der Waals surface area contributed by atoms with Crippen molar-refractivity contribution in [3.8, 4) is 5.75 Å². The van der Waals surface area contributed by atoms with Crippen LogP contribution in [-0.2, 0) is 23.1 Å². The van der Waals surface area contributed by atoms with Crippen LogP contribution in [0.1, 0.15) is 85.2 Å². The fourth-order valence-corrected chi connectivity index (χ4v) is 8.55. The zero-order valence-electron chi connectivity index (χ0n) is 28.5. The van der Waals surface area contributed by atoms with E-state index < -0.39 is 0 Å². The van der Waals surface area contributed by atoms with Crippen LogP contribution in [-0.4, -0.2) is 37.6 Å². The van der Waals surface area contributed by atoms with Crippen molar-refractivity contribution >= 4 is 34.2 Å². The lowest BCUT2D eigenvalue weighted by Crippen LogP contribution is -2.42. The van der Waals surface area contributed by atoms with Crippen molar-refractivity contribution in [2.75, 3.05) is 26.7 Å². The molecule has 0 saturated heterocycles. The van der Waals surface area contributed by atoms with E-state index >= 15 is 0 Å². The average molecular weight is 748 g/mol. The first kappa shape index (κ1) is 37.1. The molecule has 1 aliphatic heterocycles. The predicted molar refractivity (Wildman–Crippen MR) is 203 cm³/mol. The fourth-order valence-electron chi connectivity index (χ4n) is 8.00. The number of carbonyl (C=O) groups is 1. The maximum Gasteiger partial charge on any atom is 0.220 e. The molecule has 49 heavy (non-hydrogen) atoms. The minimum atomic E-state index is -0.253. The minimum Gasteiger partial charge on any atom is -0.496 e. The zero-order chi connectivity index (χ0) is 33.3. The lowest BCUT2D eigenvalue weighted by atomic mass is 9.68. The molecule has 0 bridgehead atoms. The molecule has 0 radical (unpaired) electrons. The molecule has 4 nitrogen and oxygen atoms in total. The number of nitrogens with zero attached hydrogens (tertiary/aromatic N) is 1. The molecule has 1 amide bonds. The van der Waals surface area contributed by atoms with Gasteiger partial charge in [-0.25, -0.2) is 4.39 Å². The number of halogens is 3. The second kappa shape index (κ2) is 17.6. The summed E-state index contributed by atoms with van der Waals surface area (Å²) in [6, 6.07) is 33.4. The molecule has 6 rings (SSSR count). The highest BCUT2D eigenvalue weighted by Gasteiger charge is 2.38. The zero-order valence-corrected chi connectivity index (χ0v) is 30.9. The van der Waals surface area contributed by atoms with Gasteiger partial charge in [0.05, 0.1) is 11.6 Å². The van der Waals surface area contributed by atoms with E-state index in [2.05, 4.69) is 98.9 Å². The monoisotopic (exact) mass is 746 g/mol. The van der Waals surface area contributed by atoms with Crippen LogP contribution in [0.3, 0.4) is 0 Å².